The zero-order chi connectivity index (χ0) is 93.7. The zero-order valence-electron chi connectivity index (χ0n) is 77.8. The molecule has 0 saturated carbocycles. The van der Waals surface area contributed by atoms with E-state index in [-0.39, 0.29) is 188 Å². The lowest BCUT2D eigenvalue weighted by molar-refractivity contribution is -0.142. The van der Waals surface area contributed by atoms with Crippen LogP contribution in [0.3, 0.4) is 0 Å². The van der Waals surface area contributed by atoms with Gasteiger partial charge in [0.15, 0.2) is 0 Å². The first-order chi connectivity index (χ1) is 63.3. The predicted molar refractivity (Wildman–Crippen MR) is 516 cm³/mol. The number of carboxylic acid groups (broad SMARTS) is 1. The summed E-state index contributed by atoms with van der Waals surface area (Å²) in [4.78, 5) is 164. The first-order valence-electron chi connectivity index (χ1n) is 46.4. The Kier molecular flexibility index (Phi) is 39.2. The summed E-state index contributed by atoms with van der Waals surface area (Å²) in [6, 6.07) is 91.9. The second-order valence-corrected chi connectivity index (χ2v) is 34.0. The van der Waals surface area contributed by atoms with Crippen molar-refractivity contribution in [3.63, 3.8) is 0 Å². The van der Waals surface area contributed by atoms with Gasteiger partial charge in [0.25, 0.3) is 0 Å². The third kappa shape index (κ3) is 29.2. The summed E-state index contributed by atoms with van der Waals surface area (Å²) in [5.74, 6) is -3.49. The van der Waals surface area contributed by atoms with E-state index in [0.29, 0.717) is 6.54 Å². The molecule has 9 amide bonds. The van der Waals surface area contributed by atoms with E-state index in [1.807, 2.05) is 353 Å². The number of nitrogens with zero attached hydrogens (tertiary/aromatic N) is 9. The van der Waals surface area contributed by atoms with Crippen LogP contribution in [0.4, 0.5) is 0 Å². The number of carboxylic acids is 1. The lowest BCUT2D eigenvalue weighted by Gasteiger charge is -2.36. The van der Waals surface area contributed by atoms with Gasteiger partial charge in [-0.2, -0.15) is 0 Å². The highest BCUT2D eigenvalue weighted by atomic mass is 16.4. The van der Waals surface area contributed by atoms with Gasteiger partial charge in [0.05, 0.1) is 60.8 Å². The number of carbonyl (C=O) groups excluding carboxylic acids is 9. The fourth-order valence-electron chi connectivity index (χ4n) is 17.5. The van der Waals surface area contributed by atoms with Crippen LogP contribution in [0.1, 0.15) is 249 Å². The van der Waals surface area contributed by atoms with E-state index in [0.717, 1.165) is 55.6 Å². The smallest absolute Gasteiger partial charge is 0.305 e. The summed E-state index contributed by atoms with van der Waals surface area (Å²) < 4.78 is 0. The van der Waals surface area contributed by atoms with E-state index < -0.39 is 54.3 Å². The molecule has 0 aliphatic heterocycles. The van der Waals surface area contributed by atoms with Gasteiger partial charge in [-0.05, 0) is 125 Å². The summed E-state index contributed by atoms with van der Waals surface area (Å²) in [7, 11) is 0. The van der Waals surface area contributed by atoms with Crippen molar-refractivity contribution in [2.45, 2.75) is 194 Å². The molecule has 10 aromatic rings. The summed E-state index contributed by atoms with van der Waals surface area (Å²) in [5, 5.41) is 13.3. The third-order valence-corrected chi connectivity index (χ3v) is 25.8. The number of amides is 9. The minimum Gasteiger partial charge on any atom is -0.481 e. The summed E-state index contributed by atoms with van der Waals surface area (Å²) in [5.41, 5.74) is 8.74. The van der Waals surface area contributed by atoms with Crippen LogP contribution < -0.4 is 5.32 Å². The zero-order valence-corrected chi connectivity index (χ0v) is 77.8. The van der Waals surface area contributed by atoms with Crippen molar-refractivity contribution in [3.05, 3.63) is 359 Å². The molecule has 0 aliphatic carbocycles. The first-order valence-corrected chi connectivity index (χ1v) is 46.4. The van der Waals surface area contributed by atoms with Crippen molar-refractivity contribution in [1.82, 2.24) is 49.4 Å². The number of rotatable bonds is 50. The van der Waals surface area contributed by atoms with E-state index in [9.17, 15) is 19.5 Å². The van der Waals surface area contributed by atoms with Gasteiger partial charge in [-0.25, -0.2) is 0 Å². The lowest BCUT2D eigenvalue weighted by atomic mass is 10.0. The molecule has 688 valence electrons. The van der Waals surface area contributed by atoms with Gasteiger partial charge in [-0.15, -0.1) is 0 Å². The molecule has 10 atom stereocenters. The number of hydrogen-bond acceptors (Lipinski definition) is 11. The van der Waals surface area contributed by atoms with E-state index in [1.165, 1.54) is 0 Å². The Morgan fingerprint density at radius 1 is 0.191 bits per heavy atom. The third-order valence-electron chi connectivity index (χ3n) is 25.8. The van der Waals surface area contributed by atoms with Crippen LogP contribution in [-0.2, 0) is 47.9 Å². The predicted octanol–water partition coefficient (Wildman–Crippen LogP) is 19.6. The molecule has 0 aromatic heterocycles. The van der Waals surface area contributed by atoms with Crippen LogP contribution >= 0.6 is 0 Å². The van der Waals surface area contributed by atoms with Crippen molar-refractivity contribution in [3.8, 4) is 0 Å². The molecular weight excluding hydrogens is 1640 g/mol. The van der Waals surface area contributed by atoms with Crippen LogP contribution in [0.25, 0.3) is 0 Å². The second kappa shape index (κ2) is 51.3. The first kappa shape index (κ1) is 100. The lowest BCUT2D eigenvalue weighted by Crippen LogP contribution is -2.44. The minimum absolute atomic E-state index is 0.00475. The van der Waals surface area contributed by atoms with Gasteiger partial charge in [0, 0.05) is 129 Å². The van der Waals surface area contributed by atoms with Crippen molar-refractivity contribution in [2.24, 2.45) is 0 Å². The Labute approximate surface area is 775 Å². The number of nitrogens with one attached hydrogen (secondary N) is 1. The maximum atomic E-state index is 15.6. The van der Waals surface area contributed by atoms with Crippen molar-refractivity contribution < 1.29 is 53.1 Å². The van der Waals surface area contributed by atoms with Gasteiger partial charge in [-0.1, -0.05) is 303 Å². The normalized spacial score (nSPS) is 13.5. The maximum Gasteiger partial charge on any atom is 0.305 e. The molecule has 0 aliphatic rings. The molecule has 131 heavy (non-hydrogen) atoms. The molecule has 21 nitrogen and oxygen atoms in total. The van der Waals surface area contributed by atoms with Crippen molar-refractivity contribution in [2.75, 3.05) is 65.4 Å². The molecule has 10 aromatic carbocycles. The summed E-state index contributed by atoms with van der Waals surface area (Å²) in [6.07, 6.45) is -0.900. The molecule has 21 heteroatoms. The maximum absolute atomic E-state index is 15.6. The molecule has 0 spiro atoms. The Bertz CT molecular complexity index is 5160. The van der Waals surface area contributed by atoms with Gasteiger partial charge in [0.2, 0.25) is 53.2 Å². The van der Waals surface area contributed by atoms with Crippen LogP contribution in [0.2, 0.25) is 0 Å². The van der Waals surface area contributed by atoms with Crippen LogP contribution in [0.5, 0.6) is 0 Å². The molecule has 10 rings (SSSR count). The molecule has 0 unspecified atom stereocenters. The molecule has 0 bridgehead atoms. The number of hydrogen-bond donors (Lipinski definition) is 2. The average Bonchev–Trinajstić information content (AvgIpc) is 0.834. The standard InChI is InChI=1S/C110H132N10O11/c1-81(91-41-21-11-22-42-91)111-71-61-101(121)112(82(2)92-43-23-12-24-44-92)72-62-102(122)113(83(3)93-45-25-13-26-46-93)73-63-103(123)114(84(4)94-47-27-14-28-48-94)74-64-104(124)115(85(5)95-49-29-15-30-50-95)75-65-105(125)116(86(6)96-51-31-16-32-52-96)76-66-106(126)117(87(7)97-53-33-17-34-54-97)77-67-107(127)118(88(8)98-55-35-18-36-56-98)78-68-108(128)119(89(9)99-57-37-19-38-58-99)79-69-109(129)120(80-70-110(130)131)90(10)100-59-39-20-40-60-100/h11-60,81-90,111H,61-80H2,1-10H3,(H,130,131)/t81-,82-,83-,84-,85-,86-,87-,88-,89-,90-/m0/s1. The Morgan fingerprint density at radius 2 is 0.313 bits per heavy atom. The number of aliphatic carboxylic acids is 1. The Hall–Kier alpha value is -13.1. The van der Waals surface area contributed by atoms with E-state index in [1.54, 1.807) is 44.1 Å². The molecule has 2 N–H and O–H groups in total. The van der Waals surface area contributed by atoms with E-state index in [2.05, 4.69) is 24.4 Å². The largest absolute Gasteiger partial charge is 0.481 e. The highest BCUT2D eigenvalue weighted by Crippen LogP contribution is 2.33. The topological polar surface area (TPSA) is 232 Å². The monoisotopic (exact) mass is 1770 g/mol. The van der Waals surface area contributed by atoms with Crippen molar-refractivity contribution >= 4 is 59.1 Å². The quantitative estimate of drug-likeness (QED) is 0.0362. The molecule has 0 fully saturated rings. The second-order valence-electron chi connectivity index (χ2n) is 34.0. The molecule has 0 saturated heterocycles. The van der Waals surface area contributed by atoms with Crippen LogP contribution in [0, 0.1) is 0 Å². The van der Waals surface area contributed by atoms with Gasteiger partial charge in [0.1, 0.15) is 0 Å². The number of carbonyl (C=O) groups is 10. The Morgan fingerprint density at radius 3 is 0.450 bits per heavy atom. The van der Waals surface area contributed by atoms with Crippen LogP contribution in [-0.4, -0.2) is 174 Å². The Balaban J connectivity index is 0.859. The summed E-state index contributed by atoms with van der Waals surface area (Å²) in [6.45, 7) is 19.9. The number of benzene rings is 10. The SMILES string of the molecule is C[C@H](NCCC(=O)N(CCC(=O)N(CCC(=O)N(CCC(=O)N(CCC(=O)N(CCC(=O)N(CCC(=O)N(CCC(=O)N(CCC(=O)N(CCC(=O)O)[C@@H](C)c1ccccc1)[C@@H](C)c1ccccc1)[C@@H](C)c1ccccc1)[C@@H](C)c1ccccc1)[C@@H](C)c1ccccc1)[C@@H](C)c1ccccc1)[C@@H](C)c1ccccc1)[C@@H](C)c1ccccc1)[C@@H](C)c1ccccc1)c1ccccc1. The highest BCUT2D eigenvalue weighted by molar-refractivity contribution is 5.85. The fourth-order valence-corrected chi connectivity index (χ4v) is 17.5. The van der Waals surface area contributed by atoms with Gasteiger partial charge in [-0.3, -0.25) is 47.9 Å². The van der Waals surface area contributed by atoms with Gasteiger partial charge >= 0.3 is 5.97 Å². The fraction of sp³-hybridized carbons (Fsp3) is 0.364. The van der Waals surface area contributed by atoms with Crippen molar-refractivity contribution in [1.29, 1.82) is 0 Å². The van der Waals surface area contributed by atoms with Gasteiger partial charge < -0.3 is 54.5 Å². The summed E-state index contributed by atoms with van der Waals surface area (Å²) >= 11 is 0. The molecule has 0 radical (unpaired) electrons. The van der Waals surface area contributed by atoms with Crippen LogP contribution in [0.15, 0.2) is 303 Å². The van der Waals surface area contributed by atoms with E-state index >= 15 is 33.6 Å². The molecular formula is C110H132N10O11. The minimum atomic E-state index is -1.04. The molecule has 0 heterocycles. The highest BCUT2D eigenvalue weighted by Gasteiger charge is 2.35. The van der Waals surface area contributed by atoms with E-state index in [4.69, 9.17) is 0 Å². The average molecular weight is 1770 g/mol.